The van der Waals surface area contributed by atoms with Gasteiger partial charge in [-0.3, -0.25) is 0 Å². The Hall–Kier alpha value is -2.22. The molecule has 0 aromatic carbocycles. The summed E-state index contributed by atoms with van der Waals surface area (Å²) in [5.74, 6) is 0.559. The molecule has 0 aliphatic heterocycles. The van der Waals surface area contributed by atoms with Gasteiger partial charge >= 0.3 is 0 Å². The van der Waals surface area contributed by atoms with Crippen LogP contribution in [0.25, 0.3) is 5.82 Å². The fraction of sp³-hybridized carbons (Fsp3) is 0.200. The summed E-state index contributed by atoms with van der Waals surface area (Å²) in [5, 5.41) is 12.7. The zero-order valence-corrected chi connectivity index (χ0v) is 8.20. The smallest absolute Gasteiger partial charge is 0.155 e. The summed E-state index contributed by atoms with van der Waals surface area (Å²) in [4.78, 5) is 8.03. The van der Waals surface area contributed by atoms with E-state index in [1.807, 2.05) is 19.1 Å². The molecule has 0 aliphatic rings. The van der Waals surface area contributed by atoms with E-state index in [1.54, 1.807) is 17.2 Å². The largest absolute Gasteiger partial charge is 0.237 e. The molecule has 5 nitrogen and oxygen atoms in total. The molecule has 0 saturated carbocycles. The molecule has 1 atom stereocenters. The van der Waals surface area contributed by atoms with E-state index in [4.69, 9.17) is 5.26 Å². The number of hydrogen-bond donors (Lipinski definition) is 0. The van der Waals surface area contributed by atoms with Crippen LogP contribution >= 0.6 is 0 Å². The molecule has 2 aromatic heterocycles. The predicted octanol–water partition coefficient (Wildman–Crippen LogP) is 1.29. The maximum atomic E-state index is 8.74. The second-order valence-corrected chi connectivity index (χ2v) is 3.14. The van der Waals surface area contributed by atoms with E-state index in [2.05, 4.69) is 21.1 Å². The Balaban J connectivity index is 2.30. The van der Waals surface area contributed by atoms with E-state index >= 15 is 0 Å². The molecule has 2 aromatic rings. The van der Waals surface area contributed by atoms with E-state index in [0.29, 0.717) is 5.82 Å². The maximum Gasteiger partial charge on any atom is 0.155 e. The van der Waals surface area contributed by atoms with Crippen molar-refractivity contribution in [2.24, 2.45) is 0 Å². The molecule has 2 heterocycles. The Labute approximate surface area is 87.0 Å². The summed E-state index contributed by atoms with van der Waals surface area (Å²) < 4.78 is 1.57. The van der Waals surface area contributed by atoms with Crippen LogP contribution in [0, 0.1) is 11.3 Å². The van der Waals surface area contributed by atoms with E-state index in [9.17, 15) is 0 Å². The van der Waals surface area contributed by atoms with Gasteiger partial charge in [-0.15, -0.1) is 0 Å². The molecule has 0 bridgehead atoms. The minimum Gasteiger partial charge on any atom is -0.237 e. The number of rotatable bonds is 2. The van der Waals surface area contributed by atoms with Crippen LogP contribution in [0.4, 0.5) is 0 Å². The molecule has 0 aliphatic carbocycles. The minimum atomic E-state index is -0.137. The molecular formula is C10H9N5. The molecular weight excluding hydrogens is 190 g/mol. The maximum absolute atomic E-state index is 8.74. The Morgan fingerprint density at radius 2 is 2.33 bits per heavy atom. The van der Waals surface area contributed by atoms with Gasteiger partial charge in [-0.2, -0.15) is 10.4 Å². The van der Waals surface area contributed by atoms with Gasteiger partial charge in [-0.05, 0) is 18.6 Å². The van der Waals surface area contributed by atoms with Crippen molar-refractivity contribution in [1.29, 1.82) is 5.26 Å². The van der Waals surface area contributed by atoms with Gasteiger partial charge in [0.1, 0.15) is 12.7 Å². The van der Waals surface area contributed by atoms with Crippen molar-refractivity contribution < 1.29 is 0 Å². The van der Waals surface area contributed by atoms with Crippen molar-refractivity contribution in [2.45, 2.75) is 12.8 Å². The van der Waals surface area contributed by atoms with Gasteiger partial charge in [0, 0.05) is 6.20 Å². The van der Waals surface area contributed by atoms with Gasteiger partial charge in [-0.25, -0.2) is 14.6 Å². The van der Waals surface area contributed by atoms with E-state index in [-0.39, 0.29) is 5.92 Å². The third kappa shape index (κ3) is 1.83. The van der Waals surface area contributed by atoms with Crippen molar-refractivity contribution in [2.75, 3.05) is 0 Å². The Morgan fingerprint density at radius 1 is 1.47 bits per heavy atom. The van der Waals surface area contributed by atoms with Gasteiger partial charge in [0.2, 0.25) is 0 Å². The van der Waals surface area contributed by atoms with Gasteiger partial charge in [0.05, 0.1) is 12.0 Å². The monoisotopic (exact) mass is 199 g/mol. The zero-order chi connectivity index (χ0) is 10.7. The van der Waals surface area contributed by atoms with Gasteiger partial charge in [-0.1, -0.05) is 6.07 Å². The molecule has 0 N–H and O–H groups in total. The number of hydrogen-bond acceptors (Lipinski definition) is 4. The fourth-order valence-electron chi connectivity index (χ4n) is 1.19. The predicted molar refractivity (Wildman–Crippen MR) is 53.2 cm³/mol. The zero-order valence-electron chi connectivity index (χ0n) is 8.20. The van der Waals surface area contributed by atoms with Crippen molar-refractivity contribution in [1.82, 2.24) is 19.7 Å². The lowest BCUT2D eigenvalue weighted by Gasteiger charge is -2.03. The number of aromatic nitrogens is 4. The molecule has 0 saturated heterocycles. The van der Waals surface area contributed by atoms with E-state index < -0.39 is 0 Å². The van der Waals surface area contributed by atoms with Crippen molar-refractivity contribution in [3.8, 4) is 11.9 Å². The van der Waals surface area contributed by atoms with Gasteiger partial charge < -0.3 is 0 Å². The number of pyridine rings is 1. The van der Waals surface area contributed by atoms with Crippen molar-refractivity contribution in [3.05, 3.63) is 36.5 Å². The van der Waals surface area contributed by atoms with Crippen LogP contribution < -0.4 is 0 Å². The topological polar surface area (TPSA) is 67.4 Å². The molecule has 0 radical (unpaired) electrons. The van der Waals surface area contributed by atoms with Crippen LogP contribution in [0.1, 0.15) is 18.4 Å². The molecule has 1 unspecified atom stereocenters. The summed E-state index contributed by atoms with van der Waals surface area (Å²) in [6.07, 6.45) is 4.72. The summed E-state index contributed by atoms with van der Waals surface area (Å²) in [7, 11) is 0. The quantitative estimate of drug-likeness (QED) is 0.730. The first-order chi connectivity index (χ1) is 7.31. The highest BCUT2D eigenvalue weighted by Crippen LogP contribution is 2.13. The first kappa shape index (κ1) is 9.34. The van der Waals surface area contributed by atoms with Gasteiger partial charge in [0.15, 0.2) is 5.82 Å². The van der Waals surface area contributed by atoms with E-state index in [0.717, 1.165) is 5.56 Å². The highest BCUT2D eigenvalue weighted by molar-refractivity contribution is 5.28. The second-order valence-electron chi connectivity index (χ2n) is 3.14. The first-order valence-corrected chi connectivity index (χ1v) is 4.52. The van der Waals surface area contributed by atoms with Crippen LogP contribution in [0.5, 0.6) is 0 Å². The SMILES string of the molecule is CC(C#N)c1ccc(-n2cncn2)nc1. The third-order valence-corrected chi connectivity index (χ3v) is 2.12. The highest BCUT2D eigenvalue weighted by atomic mass is 15.3. The highest BCUT2D eigenvalue weighted by Gasteiger charge is 2.04. The lowest BCUT2D eigenvalue weighted by Crippen LogP contribution is -1.99. The first-order valence-electron chi connectivity index (χ1n) is 4.52. The van der Waals surface area contributed by atoms with Crippen LogP contribution in [-0.2, 0) is 0 Å². The van der Waals surface area contributed by atoms with Gasteiger partial charge in [0.25, 0.3) is 0 Å². The van der Waals surface area contributed by atoms with E-state index in [1.165, 1.54) is 6.33 Å². The van der Waals surface area contributed by atoms with Crippen molar-refractivity contribution >= 4 is 0 Å². The molecule has 74 valence electrons. The Morgan fingerprint density at radius 3 is 2.87 bits per heavy atom. The lowest BCUT2D eigenvalue weighted by atomic mass is 10.1. The van der Waals surface area contributed by atoms with Crippen LogP contribution in [0.3, 0.4) is 0 Å². The Kier molecular flexibility index (Phi) is 2.42. The Bertz CT molecular complexity index is 466. The summed E-state index contributed by atoms with van der Waals surface area (Å²) in [5.41, 5.74) is 0.904. The summed E-state index contributed by atoms with van der Waals surface area (Å²) in [6, 6.07) is 5.85. The lowest BCUT2D eigenvalue weighted by molar-refractivity contribution is 0.838. The third-order valence-electron chi connectivity index (χ3n) is 2.12. The molecule has 15 heavy (non-hydrogen) atoms. The average molecular weight is 199 g/mol. The normalized spacial score (nSPS) is 12.0. The van der Waals surface area contributed by atoms with Crippen molar-refractivity contribution in [3.63, 3.8) is 0 Å². The molecule has 5 heteroatoms. The second kappa shape index (κ2) is 3.88. The standard InChI is InChI=1S/C10H9N5/c1-8(4-11)9-2-3-10(13-5-9)15-7-12-6-14-15/h2-3,5-8H,1H3. The summed E-state index contributed by atoms with van der Waals surface area (Å²) >= 11 is 0. The average Bonchev–Trinajstić information content (AvgIpc) is 2.82. The molecule has 0 spiro atoms. The molecule has 0 fully saturated rings. The number of nitrogens with zero attached hydrogens (tertiary/aromatic N) is 5. The number of nitriles is 1. The van der Waals surface area contributed by atoms with Crippen LogP contribution in [-0.4, -0.2) is 19.7 Å². The minimum absolute atomic E-state index is 0.137. The van der Waals surface area contributed by atoms with Crippen LogP contribution in [0.2, 0.25) is 0 Å². The fourth-order valence-corrected chi connectivity index (χ4v) is 1.19. The molecule has 2 rings (SSSR count). The van der Waals surface area contributed by atoms with Crippen LogP contribution in [0.15, 0.2) is 31.0 Å². The summed E-state index contributed by atoms with van der Waals surface area (Å²) in [6.45, 7) is 1.84. The molecule has 0 amide bonds.